The molecule has 7 heteroatoms. The van der Waals surface area contributed by atoms with Gasteiger partial charge in [-0.1, -0.05) is 48.9 Å². The van der Waals surface area contributed by atoms with Crippen LogP contribution in [0.3, 0.4) is 0 Å². The highest BCUT2D eigenvalue weighted by Gasteiger charge is 2.29. The lowest BCUT2D eigenvalue weighted by Crippen LogP contribution is -2.53. The molecule has 0 bridgehead atoms. The number of nitrogens with one attached hydrogen (secondary N) is 2. The molecule has 0 spiro atoms. The summed E-state index contributed by atoms with van der Waals surface area (Å²) < 4.78 is 10.9. The van der Waals surface area contributed by atoms with Crippen molar-refractivity contribution < 1.29 is 19.1 Å². The normalized spacial score (nSPS) is 24.2. The molecule has 1 saturated heterocycles. The van der Waals surface area contributed by atoms with Crippen LogP contribution in [0.1, 0.15) is 45.6 Å². The van der Waals surface area contributed by atoms with E-state index in [-0.39, 0.29) is 36.8 Å². The number of ether oxygens (including phenoxy) is 2. The predicted octanol–water partition coefficient (Wildman–Crippen LogP) is 3.85. The van der Waals surface area contributed by atoms with Crippen molar-refractivity contribution in [2.24, 2.45) is 5.92 Å². The van der Waals surface area contributed by atoms with Crippen molar-refractivity contribution >= 4 is 12.2 Å². The van der Waals surface area contributed by atoms with Gasteiger partial charge in [-0.05, 0) is 45.1 Å². The number of alkyl carbamates (subject to hydrolysis) is 1. The summed E-state index contributed by atoms with van der Waals surface area (Å²) in [7, 11) is 0. The molecule has 170 valence electrons. The molecule has 2 fully saturated rings. The Balaban J connectivity index is 1.47. The lowest BCUT2D eigenvalue weighted by Gasteiger charge is -2.34. The van der Waals surface area contributed by atoms with Crippen LogP contribution in [-0.4, -0.2) is 54.4 Å². The number of amides is 2. The zero-order chi connectivity index (χ0) is 22.3. The third-order valence-electron chi connectivity index (χ3n) is 5.53. The van der Waals surface area contributed by atoms with Gasteiger partial charge in [0.15, 0.2) is 0 Å². The van der Waals surface area contributed by atoms with E-state index >= 15 is 0 Å². The number of carbonyl (C=O) groups is 2. The van der Waals surface area contributed by atoms with E-state index in [4.69, 9.17) is 9.47 Å². The summed E-state index contributed by atoms with van der Waals surface area (Å²) in [4.78, 5) is 26.3. The van der Waals surface area contributed by atoms with E-state index in [2.05, 4.69) is 22.8 Å². The summed E-state index contributed by atoms with van der Waals surface area (Å²) in [6.45, 7) is 7.85. The van der Waals surface area contributed by atoms with Gasteiger partial charge in [0, 0.05) is 31.7 Å². The van der Waals surface area contributed by atoms with Crippen molar-refractivity contribution in [1.82, 2.24) is 15.5 Å². The van der Waals surface area contributed by atoms with E-state index in [1.807, 2.05) is 51.1 Å². The predicted molar refractivity (Wildman–Crippen MR) is 120 cm³/mol. The molecule has 0 aromatic heterocycles. The minimum Gasteiger partial charge on any atom is -0.445 e. The van der Waals surface area contributed by atoms with E-state index in [1.54, 1.807) is 4.90 Å². The molecule has 1 heterocycles. The van der Waals surface area contributed by atoms with Gasteiger partial charge in [-0.15, -0.1) is 0 Å². The van der Waals surface area contributed by atoms with Gasteiger partial charge in [0.1, 0.15) is 12.2 Å². The van der Waals surface area contributed by atoms with Gasteiger partial charge in [0.05, 0.1) is 0 Å². The van der Waals surface area contributed by atoms with Crippen LogP contribution in [-0.2, 0) is 16.1 Å². The van der Waals surface area contributed by atoms with Gasteiger partial charge in [0.25, 0.3) is 0 Å². The fourth-order valence-electron chi connectivity index (χ4n) is 3.99. The molecule has 0 unspecified atom stereocenters. The smallest absolute Gasteiger partial charge is 0.410 e. The molecule has 1 aromatic rings. The van der Waals surface area contributed by atoms with Crippen LogP contribution in [0.25, 0.3) is 0 Å². The SMILES string of the molecule is CC(C)(C)OC(=O)N1CCN[C@@H](/C=C/[C@H]2CCC[C@@H]2NC(=O)OCc2ccccc2)C1. The second-order valence-corrected chi connectivity index (χ2v) is 9.28. The molecule has 7 nitrogen and oxygen atoms in total. The lowest BCUT2D eigenvalue weighted by atomic mass is 10.0. The van der Waals surface area contributed by atoms with Gasteiger partial charge < -0.3 is 25.0 Å². The number of hydrogen-bond donors (Lipinski definition) is 2. The Labute approximate surface area is 185 Å². The first kappa shape index (κ1) is 23.1. The molecular formula is C24H35N3O4. The fraction of sp³-hybridized carbons (Fsp3) is 0.583. The second kappa shape index (κ2) is 10.7. The number of hydrogen-bond acceptors (Lipinski definition) is 5. The Bertz CT molecular complexity index is 760. The highest BCUT2D eigenvalue weighted by atomic mass is 16.6. The first-order valence-electron chi connectivity index (χ1n) is 11.2. The van der Waals surface area contributed by atoms with Crippen LogP contribution in [0.15, 0.2) is 42.5 Å². The molecule has 1 saturated carbocycles. The van der Waals surface area contributed by atoms with Crippen LogP contribution >= 0.6 is 0 Å². The number of piperazine rings is 1. The molecule has 0 radical (unpaired) electrons. The van der Waals surface area contributed by atoms with Crippen LogP contribution in [0.2, 0.25) is 0 Å². The van der Waals surface area contributed by atoms with Crippen molar-refractivity contribution in [3.8, 4) is 0 Å². The minimum absolute atomic E-state index is 0.0741. The van der Waals surface area contributed by atoms with Crippen molar-refractivity contribution in [3.05, 3.63) is 48.0 Å². The van der Waals surface area contributed by atoms with Gasteiger partial charge in [-0.3, -0.25) is 0 Å². The summed E-state index contributed by atoms with van der Waals surface area (Å²) in [6, 6.07) is 9.82. The standard InChI is InChI=1S/C24H35N3O4/c1-24(2,3)31-23(29)27-15-14-25-20(16-27)13-12-19-10-7-11-21(19)26-22(28)30-17-18-8-5-4-6-9-18/h4-6,8-9,12-13,19-21,25H,7,10-11,14-17H2,1-3H3,(H,26,28)/b13-12+/t19-,20+,21+/m1/s1. The van der Waals surface area contributed by atoms with Crippen molar-refractivity contribution in [2.75, 3.05) is 19.6 Å². The molecule has 2 aliphatic rings. The molecule has 1 aliphatic carbocycles. The summed E-state index contributed by atoms with van der Waals surface area (Å²) >= 11 is 0. The van der Waals surface area contributed by atoms with Gasteiger partial charge in [-0.2, -0.15) is 0 Å². The molecule has 2 amide bonds. The molecule has 3 rings (SSSR count). The average Bonchev–Trinajstić information content (AvgIpc) is 3.17. The summed E-state index contributed by atoms with van der Waals surface area (Å²) in [5, 5.41) is 6.46. The topological polar surface area (TPSA) is 79.9 Å². The largest absolute Gasteiger partial charge is 0.445 e. The first-order chi connectivity index (χ1) is 14.8. The molecule has 1 aliphatic heterocycles. The second-order valence-electron chi connectivity index (χ2n) is 9.28. The quantitative estimate of drug-likeness (QED) is 0.695. The minimum atomic E-state index is -0.495. The summed E-state index contributed by atoms with van der Waals surface area (Å²) in [5.74, 6) is 0.267. The maximum absolute atomic E-state index is 12.3. The Hall–Kier alpha value is -2.54. The Morgan fingerprint density at radius 3 is 2.71 bits per heavy atom. The zero-order valence-corrected chi connectivity index (χ0v) is 18.8. The van der Waals surface area contributed by atoms with Crippen molar-refractivity contribution in [3.63, 3.8) is 0 Å². The van der Waals surface area contributed by atoms with E-state index < -0.39 is 5.60 Å². The number of rotatable bonds is 5. The molecule has 2 N–H and O–H groups in total. The number of carbonyl (C=O) groups excluding carboxylic acids is 2. The lowest BCUT2D eigenvalue weighted by molar-refractivity contribution is 0.0209. The van der Waals surface area contributed by atoms with Crippen LogP contribution in [0.4, 0.5) is 9.59 Å². The summed E-state index contributed by atoms with van der Waals surface area (Å²) in [5.41, 5.74) is 0.476. The Morgan fingerprint density at radius 1 is 1.19 bits per heavy atom. The van der Waals surface area contributed by atoms with E-state index in [0.717, 1.165) is 31.4 Å². The Kier molecular flexibility index (Phi) is 7.96. The summed E-state index contributed by atoms with van der Waals surface area (Å²) in [6.07, 6.45) is 6.69. The molecule has 1 aromatic carbocycles. The highest BCUT2D eigenvalue weighted by molar-refractivity contribution is 5.68. The Morgan fingerprint density at radius 2 is 1.97 bits per heavy atom. The fourth-order valence-corrected chi connectivity index (χ4v) is 3.99. The van der Waals surface area contributed by atoms with Crippen LogP contribution in [0.5, 0.6) is 0 Å². The van der Waals surface area contributed by atoms with Crippen molar-refractivity contribution in [2.45, 2.75) is 64.3 Å². The van der Waals surface area contributed by atoms with Crippen LogP contribution < -0.4 is 10.6 Å². The zero-order valence-electron chi connectivity index (χ0n) is 18.8. The number of nitrogens with zero attached hydrogens (tertiary/aromatic N) is 1. The van der Waals surface area contributed by atoms with Gasteiger partial charge in [0.2, 0.25) is 0 Å². The van der Waals surface area contributed by atoms with E-state index in [9.17, 15) is 9.59 Å². The van der Waals surface area contributed by atoms with Gasteiger partial charge >= 0.3 is 12.2 Å². The molecular weight excluding hydrogens is 394 g/mol. The average molecular weight is 430 g/mol. The van der Waals surface area contributed by atoms with E-state index in [0.29, 0.717) is 13.1 Å². The molecule has 31 heavy (non-hydrogen) atoms. The monoisotopic (exact) mass is 429 g/mol. The van der Waals surface area contributed by atoms with E-state index in [1.165, 1.54) is 0 Å². The van der Waals surface area contributed by atoms with Crippen molar-refractivity contribution in [1.29, 1.82) is 0 Å². The first-order valence-corrected chi connectivity index (χ1v) is 11.2. The third kappa shape index (κ3) is 7.58. The number of benzene rings is 1. The maximum Gasteiger partial charge on any atom is 0.410 e. The molecule has 3 atom stereocenters. The van der Waals surface area contributed by atoms with Gasteiger partial charge in [-0.25, -0.2) is 9.59 Å². The maximum atomic E-state index is 12.3. The highest BCUT2D eigenvalue weighted by Crippen LogP contribution is 2.27. The third-order valence-corrected chi connectivity index (χ3v) is 5.53. The van der Waals surface area contributed by atoms with Crippen LogP contribution in [0, 0.1) is 5.92 Å².